The summed E-state index contributed by atoms with van der Waals surface area (Å²) < 4.78 is 43.4. The Balaban J connectivity index is 1.24. The second-order valence-corrected chi connectivity index (χ2v) is 13.7. The molecule has 2 aromatic rings. The van der Waals surface area contributed by atoms with Gasteiger partial charge in [0.25, 0.3) is 0 Å². The molecule has 10 heteroatoms. The summed E-state index contributed by atoms with van der Waals surface area (Å²) in [5.41, 5.74) is 0.802. The largest absolute Gasteiger partial charge is 0.453 e. The third kappa shape index (κ3) is 5.90. The summed E-state index contributed by atoms with van der Waals surface area (Å²) in [6, 6.07) is 15.9. The number of ether oxygens (including phenoxy) is 1. The van der Waals surface area contributed by atoms with Gasteiger partial charge in [-0.1, -0.05) is 25.1 Å². The van der Waals surface area contributed by atoms with Gasteiger partial charge in [-0.2, -0.15) is 5.26 Å². The van der Waals surface area contributed by atoms with Gasteiger partial charge in [-0.3, -0.25) is 0 Å². The number of alkyl carbamates (subject to hydrolysis) is 1. The molecule has 8 nitrogen and oxygen atoms in total. The zero-order valence-corrected chi connectivity index (χ0v) is 24.9. The predicted octanol–water partition coefficient (Wildman–Crippen LogP) is 4.88. The zero-order valence-electron chi connectivity index (χ0n) is 24.0. The Hall–Kier alpha value is -3.42. The number of amides is 1. The maximum absolute atomic E-state index is 14.5. The average molecular weight is 595 g/mol. The lowest BCUT2D eigenvalue weighted by atomic mass is 9.59. The number of hydrogen-bond acceptors (Lipinski definition) is 7. The molecule has 0 aromatic heterocycles. The molecule has 2 heterocycles. The lowest BCUT2D eigenvalue weighted by molar-refractivity contribution is 0.0938. The summed E-state index contributed by atoms with van der Waals surface area (Å²) in [4.78, 5) is 17.1. The van der Waals surface area contributed by atoms with E-state index in [-0.39, 0.29) is 28.6 Å². The molecule has 2 aliphatic heterocycles. The predicted molar refractivity (Wildman–Crippen MR) is 159 cm³/mol. The fraction of sp³-hybridized carbons (Fsp3) is 0.500. The molecule has 1 saturated carbocycles. The third-order valence-electron chi connectivity index (χ3n) is 9.53. The van der Waals surface area contributed by atoms with Gasteiger partial charge in [-0.15, -0.1) is 0 Å². The van der Waals surface area contributed by atoms with Crippen molar-refractivity contribution in [2.45, 2.75) is 48.5 Å². The van der Waals surface area contributed by atoms with E-state index in [4.69, 9.17) is 4.74 Å². The molecular weight excluding hydrogens is 555 g/mol. The number of methoxy groups -OCH3 is 1. The van der Waals surface area contributed by atoms with Crippen LogP contribution in [-0.2, 0) is 20.0 Å². The number of piperidine rings is 1. The third-order valence-corrected chi connectivity index (χ3v) is 10.9. The van der Waals surface area contributed by atoms with Gasteiger partial charge < -0.3 is 19.9 Å². The molecule has 3 fully saturated rings. The van der Waals surface area contributed by atoms with Gasteiger partial charge in [0.1, 0.15) is 5.82 Å². The van der Waals surface area contributed by atoms with Gasteiger partial charge in [-0.05, 0) is 86.7 Å². The van der Waals surface area contributed by atoms with Crippen molar-refractivity contribution in [2.75, 3.05) is 44.7 Å². The molecular formula is C32H39FN4O4S. The Morgan fingerprint density at radius 1 is 1.17 bits per heavy atom. The Morgan fingerprint density at radius 3 is 2.50 bits per heavy atom. The number of nitrogens with zero attached hydrogens (tertiary/aromatic N) is 3. The lowest BCUT2D eigenvalue weighted by Crippen LogP contribution is -2.55. The van der Waals surface area contributed by atoms with E-state index >= 15 is 0 Å². The molecule has 2 aromatic carbocycles. The number of carbonyl (C=O) groups is 1. The fourth-order valence-corrected chi connectivity index (χ4v) is 8.11. The number of halogens is 1. The number of rotatable bonds is 9. The first kappa shape index (κ1) is 30.1. The topological polar surface area (TPSA) is 103 Å². The number of sulfone groups is 1. The van der Waals surface area contributed by atoms with E-state index in [1.807, 2.05) is 18.2 Å². The van der Waals surface area contributed by atoms with Gasteiger partial charge >= 0.3 is 6.09 Å². The van der Waals surface area contributed by atoms with Gasteiger partial charge in [0.2, 0.25) is 0 Å². The molecule has 0 spiro atoms. The van der Waals surface area contributed by atoms with Crippen LogP contribution in [0.1, 0.15) is 37.7 Å². The normalized spacial score (nSPS) is 23.4. The molecule has 1 aliphatic carbocycles. The highest BCUT2D eigenvalue weighted by atomic mass is 32.2. The summed E-state index contributed by atoms with van der Waals surface area (Å²) in [5, 5.41) is 14.8. The second-order valence-electron chi connectivity index (χ2n) is 11.8. The number of carbonyl (C=O) groups excluding carboxylic acids is 1. The van der Waals surface area contributed by atoms with Crippen molar-refractivity contribution in [3.63, 3.8) is 0 Å². The molecule has 1 unspecified atom stereocenters. The van der Waals surface area contributed by atoms with Gasteiger partial charge in [0, 0.05) is 48.6 Å². The van der Waals surface area contributed by atoms with Crippen molar-refractivity contribution < 1.29 is 22.3 Å². The van der Waals surface area contributed by atoms with Crippen LogP contribution >= 0.6 is 0 Å². The number of likely N-dealkylation sites (tertiary alicyclic amines) is 1. The van der Waals surface area contributed by atoms with Crippen LogP contribution in [0, 0.1) is 34.9 Å². The van der Waals surface area contributed by atoms with Crippen molar-refractivity contribution >= 4 is 21.6 Å². The summed E-state index contributed by atoms with van der Waals surface area (Å²) in [6.07, 6.45) is 3.59. The van der Waals surface area contributed by atoms with E-state index in [1.54, 1.807) is 18.2 Å². The highest BCUT2D eigenvalue weighted by Gasteiger charge is 2.52. The van der Waals surface area contributed by atoms with Crippen LogP contribution in [0.2, 0.25) is 0 Å². The molecule has 0 bridgehead atoms. The van der Waals surface area contributed by atoms with Crippen molar-refractivity contribution in [1.82, 2.24) is 10.2 Å². The molecule has 5 rings (SSSR count). The van der Waals surface area contributed by atoms with Gasteiger partial charge in [-0.25, -0.2) is 17.6 Å². The Kier molecular flexibility index (Phi) is 8.90. The van der Waals surface area contributed by atoms with Crippen molar-refractivity contribution in [3.05, 3.63) is 71.9 Å². The fourth-order valence-electron chi connectivity index (χ4n) is 7.40. The maximum atomic E-state index is 14.5. The second kappa shape index (κ2) is 12.4. The molecule has 42 heavy (non-hydrogen) atoms. The van der Waals surface area contributed by atoms with Crippen LogP contribution in [-0.4, -0.2) is 65.3 Å². The minimum Gasteiger partial charge on any atom is -0.453 e. The Bertz CT molecular complexity index is 1430. The van der Waals surface area contributed by atoms with E-state index in [0.717, 1.165) is 75.9 Å². The number of nitriles is 1. The molecule has 1 amide bonds. The highest BCUT2D eigenvalue weighted by molar-refractivity contribution is 7.94. The Labute approximate surface area is 248 Å². The minimum atomic E-state index is -3.44. The first-order chi connectivity index (χ1) is 20.2. The molecule has 0 radical (unpaired) electrons. The highest BCUT2D eigenvalue weighted by Crippen LogP contribution is 2.50. The summed E-state index contributed by atoms with van der Waals surface area (Å²) in [6.45, 7) is 7.87. The Morgan fingerprint density at radius 2 is 1.88 bits per heavy atom. The SMILES string of the molecule is C=CS(=O)(=O)c1ccc(N2CC(CN3CCC([C@@](C#N)(c4cccc(F)c4)C4CCC[C@@H]4NC(=O)OC)CC3)C2)cc1. The molecule has 1 N–H and O–H groups in total. The molecule has 3 atom stereocenters. The quantitative estimate of drug-likeness (QED) is 0.442. The molecule has 3 aliphatic rings. The summed E-state index contributed by atoms with van der Waals surface area (Å²) in [7, 11) is -2.10. The minimum absolute atomic E-state index is 0.0360. The molecule has 2 saturated heterocycles. The van der Waals surface area contributed by atoms with E-state index < -0.39 is 21.3 Å². The molecule has 224 valence electrons. The monoisotopic (exact) mass is 594 g/mol. The standard InChI is InChI=1S/C32H39FN4O4S/c1-3-42(39,40)28-12-10-27(11-13-28)37-20-23(21-37)19-36-16-14-24(15-17-36)32(22-34,25-6-4-7-26(33)18-25)29-8-5-9-30(29)35-31(38)41-2/h3-4,6-7,10-13,18,23-24,29-30H,1,5,8-9,14-17,19-21H2,2H3,(H,35,38)/t29?,30-,32-/m0/s1. The van der Waals surface area contributed by atoms with Crippen LogP contribution in [0.4, 0.5) is 14.9 Å². The van der Waals surface area contributed by atoms with Crippen molar-refractivity contribution in [2.24, 2.45) is 17.8 Å². The van der Waals surface area contributed by atoms with E-state index in [9.17, 15) is 22.9 Å². The number of benzene rings is 2. The van der Waals surface area contributed by atoms with E-state index in [1.165, 1.54) is 19.2 Å². The smallest absolute Gasteiger partial charge is 0.407 e. The first-order valence-corrected chi connectivity index (χ1v) is 16.2. The zero-order chi connectivity index (χ0) is 29.9. The van der Waals surface area contributed by atoms with Crippen LogP contribution in [0.15, 0.2) is 65.4 Å². The van der Waals surface area contributed by atoms with Crippen LogP contribution in [0.5, 0.6) is 0 Å². The van der Waals surface area contributed by atoms with Crippen LogP contribution in [0.3, 0.4) is 0 Å². The van der Waals surface area contributed by atoms with Crippen LogP contribution in [0.25, 0.3) is 0 Å². The number of anilines is 1. The van der Waals surface area contributed by atoms with E-state index in [0.29, 0.717) is 11.5 Å². The number of nitrogens with one attached hydrogen (secondary N) is 1. The number of hydrogen-bond donors (Lipinski definition) is 1. The maximum Gasteiger partial charge on any atom is 0.407 e. The van der Waals surface area contributed by atoms with Crippen molar-refractivity contribution in [1.29, 1.82) is 5.26 Å². The summed E-state index contributed by atoms with van der Waals surface area (Å²) in [5.74, 6) is 0.0546. The van der Waals surface area contributed by atoms with Crippen LogP contribution < -0.4 is 10.2 Å². The van der Waals surface area contributed by atoms with E-state index in [2.05, 4.69) is 27.8 Å². The summed E-state index contributed by atoms with van der Waals surface area (Å²) >= 11 is 0. The average Bonchev–Trinajstić information content (AvgIpc) is 3.44. The van der Waals surface area contributed by atoms with Gasteiger partial charge in [0.15, 0.2) is 9.84 Å². The first-order valence-electron chi connectivity index (χ1n) is 14.7. The van der Waals surface area contributed by atoms with Crippen molar-refractivity contribution in [3.8, 4) is 6.07 Å². The van der Waals surface area contributed by atoms with Gasteiger partial charge in [0.05, 0.1) is 23.5 Å². The lowest BCUT2D eigenvalue weighted by Gasteiger charge is -2.48.